The van der Waals surface area contributed by atoms with Gasteiger partial charge in [0.05, 0.1) is 11.8 Å². The zero-order chi connectivity index (χ0) is 13.0. The maximum absolute atomic E-state index is 11.1. The molecule has 1 aliphatic carbocycles. The molecule has 1 heterocycles. The molecule has 2 atom stereocenters. The minimum absolute atomic E-state index is 0.0186. The van der Waals surface area contributed by atoms with E-state index in [1.54, 1.807) is 18.4 Å². The molecule has 0 saturated heterocycles. The molecular formula is C13H20N2O2S. The Morgan fingerprint density at radius 3 is 3.06 bits per heavy atom. The van der Waals surface area contributed by atoms with Crippen LogP contribution < -0.4 is 10.6 Å². The minimum Gasteiger partial charge on any atom is -0.381 e. The Hall–Kier alpha value is -0.910. The first kappa shape index (κ1) is 13.5. The number of anilines is 1. The fraction of sp³-hybridized carbons (Fsp3) is 0.615. The smallest absolute Gasteiger partial charge is 0.221 e. The van der Waals surface area contributed by atoms with Crippen molar-refractivity contribution >= 4 is 22.9 Å². The van der Waals surface area contributed by atoms with E-state index >= 15 is 0 Å². The van der Waals surface area contributed by atoms with Gasteiger partial charge in [-0.2, -0.15) is 0 Å². The molecule has 0 bridgehead atoms. The van der Waals surface area contributed by atoms with E-state index in [-0.39, 0.29) is 5.91 Å². The molecule has 2 unspecified atom stereocenters. The standard InChI is InChI=1S/C13H20N2O2S/c1-9(16)15-12-5-6-18-13(12)8-14-10-3-4-11(7-10)17-2/h5-6,10-11,14H,3-4,7-8H2,1-2H3,(H,15,16). The average Bonchev–Trinajstić information content (AvgIpc) is 2.94. The highest BCUT2D eigenvalue weighted by Gasteiger charge is 2.24. The predicted molar refractivity (Wildman–Crippen MR) is 73.9 cm³/mol. The molecule has 1 aromatic rings. The number of rotatable bonds is 5. The molecule has 2 rings (SSSR count). The third kappa shape index (κ3) is 3.54. The summed E-state index contributed by atoms with van der Waals surface area (Å²) < 4.78 is 5.36. The van der Waals surface area contributed by atoms with E-state index in [4.69, 9.17) is 4.74 Å². The van der Waals surface area contributed by atoms with Crippen LogP contribution in [0.5, 0.6) is 0 Å². The van der Waals surface area contributed by atoms with Crippen molar-refractivity contribution in [2.24, 2.45) is 0 Å². The van der Waals surface area contributed by atoms with E-state index in [9.17, 15) is 4.79 Å². The van der Waals surface area contributed by atoms with Gasteiger partial charge in [-0.3, -0.25) is 4.79 Å². The number of thiophene rings is 1. The van der Waals surface area contributed by atoms with Gasteiger partial charge >= 0.3 is 0 Å². The largest absolute Gasteiger partial charge is 0.381 e. The normalized spacial score (nSPS) is 23.2. The molecule has 4 nitrogen and oxygen atoms in total. The zero-order valence-corrected chi connectivity index (χ0v) is 11.7. The third-order valence-electron chi connectivity index (χ3n) is 3.33. The second kappa shape index (κ2) is 6.31. The molecule has 18 heavy (non-hydrogen) atoms. The van der Waals surface area contributed by atoms with E-state index in [1.807, 2.05) is 11.4 Å². The number of carbonyl (C=O) groups is 1. The molecule has 1 aromatic heterocycles. The number of nitrogens with one attached hydrogen (secondary N) is 2. The minimum atomic E-state index is -0.0186. The van der Waals surface area contributed by atoms with E-state index in [1.165, 1.54) is 18.2 Å². The lowest BCUT2D eigenvalue weighted by Gasteiger charge is -2.13. The number of amides is 1. The van der Waals surface area contributed by atoms with Gasteiger partial charge in [-0.05, 0) is 30.7 Å². The monoisotopic (exact) mass is 268 g/mol. The molecule has 1 saturated carbocycles. The van der Waals surface area contributed by atoms with Gasteiger partial charge < -0.3 is 15.4 Å². The summed E-state index contributed by atoms with van der Waals surface area (Å²) in [5.41, 5.74) is 0.932. The summed E-state index contributed by atoms with van der Waals surface area (Å²) in [6.07, 6.45) is 3.79. The Balaban J connectivity index is 1.83. The number of hydrogen-bond donors (Lipinski definition) is 2. The van der Waals surface area contributed by atoms with Crippen molar-refractivity contribution < 1.29 is 9.53 Å². The van der Waals surface area contributed by atoms with Gasteiger partial charge in [0.2, 0.25) is 5.91 Å². The molecule has 0 aliphatic heterocycles. The van der Waals surface area contributed by atoms with Gasteiger partial charge in [0, 0.05) is 31.5 Å². The lowest BCUT2D eigenvalue weighted by molar-refractivity contribution is -0.114. The van der Waals surface area contributed by atoms with Crippen molar-refractivity contribution in [1.82, 2.24) is 5.32 Å². The topological polar surface area (TPSA) is 50.4 Å². The number of hydrogen-bond acceptors (Lipinski definition) is 4. The molecule has 1 aliphatic rings. The van der Waals surface area contributed by atoms with Crippen LogP contribution in [0.4, 0.5) is 5.69 Å². The highest BCUT2D eigenvalue weighted by molar-refractivity contribution is 7.10. The van der Waals surface area contributed by atoms with Crippen LogP contribution in [-0.2, 0) is 16.1 Å². The second-order valence-electron chi connectivity index (χ2n) is 4.69. The molecule has 0 radical (unpaired) electrons. The molecule has 0 aromatic carbocycles. The van der Waals surface area contributed by atoms with Crippen LogP contribution in [-0.4, -0.2) is 25.2 Å². The Morgan fingerprint density at radius 1 is 1.56 bits per heavy atom. The quantitative estimate of drug-likeness (QED) is 0.862. The summed E-state index contributed by atoms with van der Waals surface area (Å²) in [5, 5.41) is 8.41. The van der Waals surface area contributed by atoms with Gasteiger partial charge in [0.15, 0.2) is 0 Å². The van der Waals surface area contributed by atoms with E-state index in [0.717, 1.165) is 25.1 Å². The van der Waals surface area contributed by atoms with Gasteiger partial charge in [0.1, 0.15) is 0 Å². The summed E-state index contributed by atoms with van der Waals surface area (Å²) in [7, 11) is 1.78. The molecule has 1 amide bonds. The maximum atomic E-state index is 11.1. The average molecular weight is 268 g/mol. The second-order valence-corrected chi connectivity index (χ2v) is 5.69. The zero-order valence-electron chi connectivity index (χ0n) is 10.9. The highest BCUT2D eigenvalue weighted by atomic mass is 32.1. The molecular weight excluding hydrogens is 248 g/mol. The van der Waals surface area contributed by atoms with Crippen molar-refractivity contribution in [3.05, 3.63) is 16.3 Å². The fourth-order valence-corrected chi connectivity index (χ4v) is 3.14. The van der Waals surface area contributed by atoms with Crippen LogP contribution in [0.1, 0.15) is 31.1 Å². The van der Waals surface area contributed by atoms with Crippen LogP contribution in [0, 0.1) is 0 Å². The summed E-state index contributed by atoms with van der Waals surface area (Å²) in [6, 6.07) is 2.48. The molecule has 1 fully saturated rings. The third-order valence-corrected chi connectivity index (χ3v) is 4.25. The van der Waals surface area contributed by atoms with Gasteiger partial charge in [-0.15, -0.1) is 11.3 Å². The number of methoxy groups -OCH3 is 1. The maximum Gasteiger partial charge on any atom is 0.221 e. The Kier molecular flexibility index (Phi) is 4.74. The van der Waals surface area contributed by atoms with Crippen molar-refractivity contribution in [3.8, 4) is 0 Å². The first-order valence-electron chi connectivity index (χ1n) is 6.29. The summed E-state index contributed by atoms with van der Waals surface area (Å²) in [5.74, 6) is -0.0186. The van der Waals surface area contributed by atoms with E-state index < -0.39 is 0 Å². The summed E-state index contributed by atoms with van der Waals surface area (Å²) in [4.78, 5) is 12.2. The summed E-state index contributed by atoms with van der Waals surface area (Å²) >= 11 is 1.67. The molecule has 100 valence electrons. The first-order chi connectivity index (χ1) is 8.69. The molecule has 2 N–H and O–H groups in total. The Labute approximate surface area is 112 Å². The van der Waals surface area contributed by atoms with E-state index in [0.29, 0.717) is 12.1 Å². The van der Waals surface area contributed by atoms with Crippen LogP contribution in [0.15, 0.2) is 11.4 Å². The van der Waals surface area contributed by atoms with Crippen LogP contribution in [0.25, 0.3) is 0 Å². The molecule has 0 spiro atoms. The Bertz CT molecular complexity index is 405. The molecule has 5 heteroatoms. The van der Waals surface area contributed by atoms with Crippen LogP contribution >= 0.6 is 11.3 Å². The number of ether oxygens (including phenoxy) is 1. The fourth-order valence-electron chi connectivity index (χ4n) is 2.36. The van der Waals surface area contributed by atoms with Gasteiger partial charge in [-0.1, -0.05) is 0 Å². The van der Waals surface area contributed by atoms with Crippen LogP contribution in [0.2, 0.25) is 0 Å². The lowest BCUT2D eigenvalue weighted by atomic mass is 10.2. The van der Waals surface area contributed by atoms with E-state index in [2.05, 4.69) is 10.6 Å². The van der Waals surface area contributed by atoms with Crippen LogP contribution in [0.3, 0.4) is 0 Å². The van der Waals surface area contributed by atoms with Crippen molar-refractivity contribution in [2.45, 2.75) is 44.9 Å². The first-order valence-corrected chi connectivity index (χ1v) is 7.17. The van der Waals surface area contributed by atoms with Crippen molar-refractivity contribution in [1.29, 1.82) is 0 Å². The van der Waals surface area contributed by atoms with Gasteiger partial charge in [-0.25, -0.2) is 0 Å². The lowest BCUT2D eigenvalue weighted by Crippen LogP contribution is -2.26. The number of carbonyl (C=O) groups excluding carboxylic acids is 1. The SMILES string of the molecule is COC1CCC(NCc2sccc2NC(C)=O)C1. The Morgan fingerprint density at radius 2 is 2.39 bits per heavy atom. The predicted octanol–water partition coefficient (Wildman–Crippen LogP) is 2.36. The summed E-state index contributed by atoms with van der Waals surface area (Å²) in [6.45, 7) is 2.35. The van der Waals surface area contributed by atoms with Gasteiger partial charge in [0.25, 0.3) is 0 Å². The van der Waals surface area contributed by atoms with Crippen molar-refractivity contribution in [3.63, 3.8) is 0 Å². The highest BCUT2D eigenvalue weighted by Crippen LogP contribution is 2.25. The van der Waals surface area contributed by atoms with Crippen molar-refractivity contribution in [2.75, 3.05) is 12.4 Å².